The van der Waals surface area contributed by atoms with E-state index in [2.05, 4.69) is 0 Å². The normalized spacial score (nSPS) is 18.6. The van der Waals surface area contributed by atoms with Gasteiger partial charge in [0.1, 0.15) is 5.75 Å². The van der Waals surface area contributed by atoms with Crippen LogP contribution in [0.15, 0.2) is 24.3 Å². The third-order valence-electron chi connectivity index (χ3n) is 4.02. The van der Waals surface area contributed by atoms with Crippen molar-refractivity contribution in [2.24, 2.45) is 0 Å². The predicted molar refractivity (Wildman–Crippen MR) is 78.4 cm³/mol. The first-order valence-corrected chi connectivity index (χ1v) is 7.47. The molecule has 0 N–H and O–H groups in total. The van der Waals surface area contributed by atoms with Crippen molar-refractivity contribution in [2.45, 2.75) is 25.8 Å². The van der Waals surface area contributed by atoms with Crippen LogP contribution in [0.3, 0.4) is 0 Å². The van der Waals surface area contributed by atoms with Gasteiger partial charge in [0.15, 0.2) is 0 Å². The fourth-order valence-electron chi connectivity index (χ4n) is 2.83. The van der Waals surface area contributed by atoms with Crippen molar-refractivity contribution in [3.63, 3.8) is 0 Å². The predicted octanol–water partition coefficient (Wildman–Crippen LogP) is 1.06. The van der Waals surface area contributed by atoms with Crippen LogP contribution in [0, 0.1) is 0 Å². The number of carbonyl (C=O) groups is 3. The molecule has 0 unspecified atom stereocenters. The van der Waals surface area contributed by atoms with Crippen molar-refractivity contribution in [2.75, 3.05) is 19.7 Å². The summed E-state index contributed by atoms with van der Waals surface area (Å²) < 4.78 is 5.34. The molecule has 2 aliphatic rings. The molecule has 0 aromatic heterocycles. The summed E-state index contributed by atoms with van der Waals surface area (Å²) >= 11 is 0. The first kappa shape index (κ1) is 14.6. The van der Waals surface area contributed by atoms with Crippen molar-refractivity contribution >= 4 is 17.7 Å². The zero-order valence-electron chi connectivity index (χ0n) is 12.4. The Morgan fingerprint density at radius 1 is 1.14 bits per heavy atom. The van der Waals surface area contributed by atoms with Crippen molar-refractivity contribution in [3.8, 4) is 5.75 Å². The monoisotopic (exact) mass is 302 g/mol. The fraction of sp³-hybridized carbons (Fsp3) is 0.438. The molecule has 0 spiro atoms. The molecule has 0 aliphatic carbocycles. The van der Waals surface area contributed by atoms with Gasteiger partial charge in [-0.1, -0.05) is 0 Å². The van der Waals surface area contributed by atoms with Gasteiger partial charge in [0, 0.05) is 31.5 Å². The number of hydrogen-bond acceptors (Lipinski definition) is 4. The van der Waals surface area contributed by atoms with E-state index in [4.69, 9.17) is 4.74 Å². The molecule has 2 saturated heterocycles. The Balaban J connectivity index is 1.59. The summed E-state index contributed by atoms with van der Waals surface area (Å²) in [5, 5.41) is 0. The molecule has 3 rings (SSSR count). The van der Waals surface area contributed by atoms with Crippen molar-refractivity contribution in [3.05, 3.63) is 29.8 Å². The van der Waals surface area contributed by atoms with Crippen LogP contribution in [0.2, 0.25) is 0 Å². The average molecular weight is 302 g/mol. The van der Waals surface area contributed by atoms with Gasteiger partial charge in [0.05, 0.1) is 12.6 Å². The molecule has 1 aromatic carbocycles. The van der Waals surface area contributed by atoms with Crippen LogP contribution in [0.25, 0.3) is 0 Å². The number of likely N-dealkylation sites (tertiary alicyclic amines) is 2. The largest absolute Gasteiger partial charge is 0.494 e. The van der Waals surface area contributed by atoms with Gasteiger partial charge in [-0.3, -0.25) is 19.3 Å². The minimum Gasteiger partial charge on any atom is -0.494 e. The minimum atomic E-state index is -0.158. The highest BCUT2D eigenvalue weighted by molar-refractivity contribution is 6.03. The molecule has 0 bridgehead atoms. The summed E-state index contributed by atoms with van der Waals surface area (Å²) in [6, 6.07) is 6.83. The second-order valence-corrected chi connectivity index (χ2v) is 5.48. The lowest BCUT2D eigenvalue weighted by atomic mass is 10.0. The summed E-state index contributed by atoms with van der Waals surface area (Å²) in [6.45, 7) is 3.33. The number of ether oxygens (including phenoxy) is 1. The number of carbonyl (C=O) groups excluding carboxylic acids is 3. The maximum absolute atomic E-state index is 12.3. The van der Waals surface area contributed by atoms with E-state index in [1.807, 2.05) is 6.92 Å². The summed E-state index contributed by atoms with van der Waals surface area (Å²) in [5.74, 6) is 0.401. The molecule has 6 nitrogen and oxygen atoms in total. The Morgan fingerprint density at radius 3 is 2.27 bits per heavy atom. The van der Waals surface area contributed by atoms with Gasteiger partial charge in [-0.25, -0.2) is 0 Å². The zero-order chi connectivity index (χ0) is 15.7. The van der Waals surface area contributed by atoms with Gasteiger partial charge in [0.25, 0.3) is 5.91 Å². The summed E-state index contributed by atoms with van der Waals surface area (Å²) in [5.41, 5.74) is 0.584. The van der Waals surface area contributed by atoms with Gasteiger partial charge in [0.2, 0.25) is 11.8 Å². The lowest BCUT2D eigenvalue weighted by molar-refractivity contribution is -0.144. The highest BCUT2D eigenvalue weighted by atomic mass is 16.5. The summed E-state index contributed by atoms with van der Waals surface area (Å²) in [4.78, 5) is 38.6. The second kappa shape index (κ2) is 5.79. The van der Waals surface area contributed by atoms with E-state index in [1.165, 1.54) is 4.90 Å². The molecule has 0 atom stereocenters. The van der Waals surface area contributed by atoms with E-state index in [9.17, 15) is 14.4 Å². The van der Waals surface area contributed by atoms with Gasteiger partial charge in [-0.05, 0) is 31.2 Å². The van der Waals surface area contributed by atoms with Crippen molar-refractivity contribution in [1.29, 1.82) is 0 Å². The number of rotatable bonds is 4. The standard InChI is InChI=1S/C16H18N2O4/c1-2-22-13-5-3-11(4-6-13)16(21)17-9-12(10-17)18-14(19)7-8-15(18)20/h3-6,12H,2,7-10H2,1H3. The summed E-state index contributed by atoms with van der Waals surface area (Å²) in [6.07, 6.45) is 0.588. The number of amides is 3. The Morgan fingerprint density at radius 2 is 1.73 bits per heavy atom. The maximum atomic E-state index is 12.3. The van der Waals surface area contributed by atoms with E-state index in [0.29, 0.717) is 38.1 Å². The van der Waals surface area contributed by atoms with Crippen LogP contribution in [0.1, 0.15) is 30.1 Å². The molecular weight excluding hydrogens is 284 g/mol. The third kappa shape index (κ3) is 2.56. The van der Waals surface area contributed by atoms with Crippen LogP contribution in [0.5, 0.6) is 5.75 Å². The Bertz CT molecular complexity index is 589. The van der Waals surface area contributed by atoms with Gasteiger partial charge < -0.3 is 9.64 Å². The van der Waals surface area contributed by atoms with E-state index in [0.717, 1.165) is 5.75 Å². The van der Waals surface area contributed by atoms with E-state index in [-0.39, 0.29) is 23.8 Å². The van der Waals surface area contributed by atoms with Crippen LogP contribution >= 0.6 is 0 Å². The molecular formula is C16H18N2O4. The number of imide groups is 1. The molecule has 2 heterocycles. The fourth-order valence-corrected chi connectivity index (χ4v) is 2.83. The highest BCUT2D eigenvalue weighted by Crippen LogP contribution is 2.24. The van der Waals surface area contributed by atoms with Crippen LogP contribution in [-0.2, 0) is 9.59 Å². The quantitative estimate of drug-likeness (QED) is 0.780. The SMILES string of the molecule is CCOc1ccc(C(=O)N2CC(N3C(=O)CCC3=O)C2)cc1. The smallest absolute Gasteiger partial charge is 0.254 e. The maximum Gasteiger partial charge on any atom is 0.254 e. The third-order valence-corrected chi connectivity index (χ3v) is 4.02. The Hall–Kier alpha value is -2.37. The highest BCUT2D eigenvalue weighted by Gasteiger charge is 2.42. The first-order valence-electron chi connectivity index (χ1n) is 7.47. The lowest BCUT2D eigenvalue weighted by Crippen LogP contribution is -2.62. The number of hydrogen-bond donors (Lipinski definition) is 0. The minimum absolute atomic E-state index is 0.0848. The molecule has 2 aliphatic heterocycles. The molecule has 0 saturated carbocycles. The molecule has 22 heavy (non-hydrogen) atoms. The molecule has 116 valence electrons. The average Bonchev–Trinajstić information content (AvgIpc) is 2.79. The number of nitrogens with zero attached hydrogens (tertiary/aromatic N) is 2. The van der Waals surface area contributed by atoms with E-state index in [1.54, 1.807) is 29.2 Å². The topological polar surface area (TPSA) is 66.9 Å². The van der Waals surface area contributed by atoms with Gasteiger partial charge in [-0.15, -0.1) is 0 Å². The van der Waals surface area contributed by atoms with Gasteiger partial charge in [-0.2, -0.15) is 0 Å². The lowest BCUT2D eigenvalue weighted by Gasteiger charge is -2.43. The molecule has 1 aromatic rings. The zero-order valence-corrected chi connectivity index (χ0v) is 12.4. The Labute approximate surface area is 128 Å². The van der Waals surface area contributed by atoms with E-state index >= 15 is 0 Å². The summed E-state index contributed by atoms with van der Waals surface area (Å²) in [7, 11) is 0. The first-order chi connectivity index (χ1) is 10.6. The van der Waals surface area contributed by atoms with Crippen LogP contribution in [-0.4, -0.2) is 53.3 Å². The number of benzene rings is 1. The van der Waals surface area contributed by atoms with Crippen LogP contribution in [0.4, 0.5) is 0 Å². The Kier molecular flexibility index (Phi) is 3.83. The van der Waals surface area contributed by atoms with Crippen LogP contribution < -0.4 is 4.74 Å². The van der Waals surface area contributed by atoms with Crippen molar-refractivity contribution < 1.29 is 19.1 Å². The van der Waals surface area contributed by atoms with Gasteiger partial charge >= 0.3 is 0 Å². The second-order valence-electron chi connectivity index (χ2n) is 5.48. The van der Waals surface area contributed by atoms with Crippen molar-refractivity contribution in [1.82, 2.24) is 9.80 Å². The molecule has 0 radical (unpaired) electrons. The van der Waals surface area contributed by atoms with E-state index < -0.39 is 0 Å². The molecule has 3 amide bonds. The molecule has 2 fully saturated rings. The molecule has 6 heteroatoms.